The predicted molar refractivity (Wildman–Crippen MR) is 40.1 cm³/mol. The molecule has 0 aliphatic carbocycles. The third-order valence-electron chi connectivity index (χ3n) is 1.74. The lowest BCUT2D eigenvalue weighted by atomic mass is 10.1. The van der Waals surface area contributed by atoms with Gasteiger partial charge in [0.1, 0.15) is 0 Å². The first kappa shape index (κ1) is 8.23. The van der Waals surface area contributed by atoms with Gasteiger partial charge in [-0.2, -0.15) is 0 Å². The SMILES string of the molecule is CN1CCC=C(C(=O)NO)C1. The lowest BCUT2D eigenvalue weighted by Crippen LogP contribution is -2.32. The van der Waals surface area contributed by atoms with Gasteiger partial charge in [-0.1, -0.05) is 6.08 Å². The maximum absolute atomic E-state index is 10.9. The van der Waals surface area contributed by atoms with Crippen LogP contribution in [0.1, 0.15) is 6.42 Å². The third kappa shape index (κ3) is 2.03. The zero-order valence-electron chi connectivity index (χ0n) is 6.50. The molecule has 0 unspecified atom stereocenters. The molecule has 0 spiro atoms. The van der Waals surface area contributed by atoms with Crippen LogP contribution in [0.15, 0.2) is 11.6 Å². The normalized spacial score (nSPS) is 19.3. The summed E-state index contributed by atoms with van der Waals surface area (Å²) in [6.07, 6.45) is 2.73. The summed E-state index contributed by atoms with van der Waals surface area (Å²) in [4.78, 5) is 12.9. The van der Waals surface area contributed by atoms with Gasteiger partial charge in [0.05, 0.1) is 0 Å². The highest BCUT2D eigenvalue weighted by Crippen LogP contribution is 2.06. The summed E-state index contributed by atoms with van der Waals surface area (Å²) >= 11 is 0. The summed E-state index contributed by atoms with van der Waals surface area (Å²) < 4.78 is 0. The van der Waals surface area contributed by atoms with E-state index < -0.39 is 5.91 Å². The zero-order chi connectivity index (χ0) is 8.27. The predicted octanol–water partition coefficient (Wildman–Crippen LogP) is -0.246. The monoisotopic (exact) mass is 156 g/mol. The summed E-state index contributed by atoms with van der Waals surface area (Å²) in [7, 11) is 1.94. The molecule has 0 aromatic rings. The molecule has 0 atom stereocenters. The molecular formula is C7H12N2O2. The highest BCUT2D eigenvalue weighted by Gasteiger charge is 2.13. The van der Waals surface area contributed by atoms with Gasteiger partial charge in [-0.15, -0.1) is 0 Å². The van der Waals surface area contributed by atoms with Gasteiger partial charge in [0.25, 0.3) is 5.91 Å². The van der Waals surface area contributed by atoms with Crippen LogP contribution in [0.5, 0.6) is 0 Å². The van der Waals surface area contributed by atoms with E-state index in [1.165, 1.54) is 0 Å². The molecule has 0 radical (unpaired) electrons. The number of hydrogen-bond acceptors (Lipinski definition) is 3. The van der Waals surface area contributed by atoms with Crippen LogP contribution in [-0.2, 0) is 4.79 Å². The largest absolute Gasteiger partial charge is 0.302 e. The van der Waals surface area contributed by atoms with Crippen LogP contribution in [0, 0.1) is 0 Å². The van der Waals surface area contributed by atoms with Crippen LogP contribution < -0.4 is 5.48 Å². The van der Waals surface area contributed by atoms with Crippen LogP contribution in [0.25, 0.3) is 0 Å². The van der Waals surface area contributed by atoms with Crippen molar-refractivity contribution in [2.24, 2.45) is 0 Å². The molecule has 4 heteroatoms. The number of hydroxylamine groups is 1. The third-order valence-corrected chi connectivity index (χ3v) is 1.74. The number of carbonyl (C=O) groups excluding carboxylic acids is 1. The van der Waals surface area contributed by atoms with Crippen molar-refractivity contribution in [2.45, 2.75) is 6.42 Å². The summed E-state index contributed by atoms with van der Waals surface area (Å²) in [5, 5.41) is 8.31. The van der Waals surface area contributed by atoms with Crippen LogP contribution in [0.3, 0.4) is 0 Å². The first-order valence-corrected chi connectivity index (χ1v) is 3.56. The lowest BCUT2D eigenvalue weighted by molar-refractivity contribution is -0.125. The highest BCUT2D eigenvalue weighted by molar-refractivity contribution is 5.93. The molecule has 0 aromatic heterocycles. The minimum absolute atomic E-state index is 0.392. The lowest BCUT2D eigenvalue weighted by Gasteiger charge is -2.21. The number of hydrogen-bond donors (Lipinski definition) is 2. The molecule has 1 aliphatic rings. The fourth-order valence-electron chi connectivity index (χ4n) is 1.13. The average molecular weight is 156 g/mol. The van der Waals surface area contributed by atoms with E-state index in [-0.39, 0.29) is 0 Å². The van der Waals surface area contributed by atoms with E-state index in [4.69, 9.17) is 5.21 Å². The van der Waals surface area contributed by atoms with Gasteiger partial charge < -0.3 is 4.90 Å². The summed E-state index contributed by atoms with van der Waals surface area (Å²) in [5.41, 5.74) is 2.26. The molecule has 0 fully saturated rings. The van der Waals surface area contributed by atoms with Crippen molar-refractivity contribution >= 4 is 5.91 Å². The topological polar surface area (TPSA) is 52.6 Å². The van der Waals surface area contributed by atoms with Crippen LogP contribution in [-0.4, -0.2) is 36.2 Å². The van der Waals surface area contributed by atoms with E-state index in [0.717, 1.165) is 13.0 Å². The first-order chi connectivity index (χ1) is 5.24. The van der Waals surface area contributed by atoms with Crippen molar-refractivity contribution in [2.75, 3.05) is 20.1 Å². The number of amides is 1. The van der Waals surface area contributed by atoms with E-state index in [2.05, 4.69) is 0 Å². The fourth-order valence-corrected chi connectivity index (χ4v) is 1.13. The second-order valence-electron chi connectivity index (χ2n) is 2.70. The van der Waals surface area contributed by atoms with Gasteiger partial charge in [-0.25, -0.2) is 5.48 Å². The van der Waals surface area contributed by atoms with E-state index in [1.807, 2.05) is 18.0 Å². The number of nitrogens with zero attached hydrogens (tertiary/aromatic N) is 1. The molecule has 0 aromatic carbocycles. The van der Waals surface area contributed by atoms with Gasteiger partial charge in [-0.05, 0) is 13.5 Å². The van der Waals surface area contributed by atoms with Gasteiger partial charge >= 0.3 is 0 Å². The maximum Gasteiger partial charge on any atom is 0.271 e. The summed E-state index contributed by atoms with van der Waals surface area (Å²) in [6.45, 7) is 1.59. The number of likely N-dealkylation sites (N-methyl/N-ethyl adjacent to an activating group) is 1. The van der Waals surface area contributed by atoms with Crippen molar-refractivity contribution in [1.82, 2.24) is 10.4 Å². The Morgan fingerprint density at radius 2 is 2.55 bits per heavy atom. The van der Waals surface area contributed by atoms with Crippen molar-refractivity contribution in [3.63, 3.8) is 0 Å². The Morgan fingerprint density at radius 1 is 1.82 bits per heavy atom. The van der Waals surface area contributed by atoms with E-state index in [0.29, 0.717) is 12.1 Å². The minimum Gasteiger partial charge on any atom is -0.302 e. The Bertz CT molecular complexity index is 189. The van der Waals surface area contributed by atoms with Crippen molar-refractivity contribution in [1.29, 1.82) is 0 Å². The number of carbonyl (C=O) groups is 1. The Balaban J connectivity index is 2.57. The molecule has 2 N–H and O–H groups in total. The second-order valence-corrected chi connectivity index (χ2v) is 2.70. The van der Waals surface area contributed by atoms with Gasteiger partial charge in [0, 0.05) is 18.7 Å². The molecule has 0 saturated carbocycles. The maximum atomic E-state index is 10.9. The Hall–Kier alpha value is -0.870. The number of rotatable bonds is 1. The molecule has 1 heterocycles. The van der Waals surface area contributed by atoms with E-state index in [1.54, 1.807) is 5.48 Å². The Morgan fingerprint density at radius 3 is 3.09 bits per heavy atom. The quantitative estimate of drug-likeness (QED) is 0.406. The van der Waals surface area contributed by atoms with Gasteiger partial charge in [0.15, 0.2) is 0 Å². The second kappa shape index (κ2) is 3.50. The minimum atomic E-state index is -0.392. The summed E-state index contributed by atoms with van der Waals surface area (Å²) in [6, 6.07) is 0. The van der Waals surface area contributed by atoms with Crippen LogP contribution >= 0.6 is 0 Å². The number of nitrogens with one attached hydrogen (secondary N) is 1. The average Bonchev–Trinajstić information content (AvgIpc) is 2.03. The summed E-state index contributed by atoms with van der Waals surface area (Å²) in [5.74, 6) is -0.392. The molecule has 0 saturated heterocycles. The van der Waals surface area contributed by atoms with Crippen molar-refractivity contribution < 1.29 is 10.0 Å². The molecular weight excluding hydrogens is 144 g/mol. The van der Waals surface area contributed by atoms with Crippen molar-refractivity contribution in [3.8, 4) is 0 Å². The molecule has 1 amide bonds. The molecule has 1 rings (SSSR count). The Labute approximate surface area is 65.5 Å². The first-order valence-electron chi connectivity index (χ1n) is 3.56. The molecule has 11 heavy (non-hydrogen) atoms. The standard InChI is InChI=1S/C7H12N2O2/c1-9-4-2-3-6(5-9)7(10)8-11/h3,11H,2,4-5H2,1H3,(H,8,10). The smallest absolute Gasteiger partial charge is 0.271 e. The molecule has 4 nitrogen and oxygen atoms in total. The van der Waals surface area contributed by atoms with Crippen molar-refractivity contribution in [3.05, 3.63) is 11.6 Å². The van der Waals surface area contributed by atoms with Crippen LogP contribution in [0.2, 0.25) is 0 Å². The van der Waals surface area contributed by atoms with Crippen LogP contribution in [0.4, 0.5) is 0 Å². The van der Waals surface area contributed by atoms with Gasteiger partial charge in [-0.3, -0.25) is 10.0 Å². The van der Waals surface area contributed by atoms with E-state index in [9.17, 15) is 4.79 Å². The zero-order valence-corrected chi connectivity index (χ0v) is 6.50. The van der Waals surface area contributed by atoms with E-state index >= 15 is 0 Å². The van der Waals surface area contributed by atoms with Gasteiger partial charge in [0.2, 0.25) is 0 Å². The molecule has 0 bridgehead atoms. The highest BCUT2D eigenvalue weighted by atomic mass is 16.5. The fraction of sp³-hybridized carbons (Fsp3) is 0.571. The molecule has 62 valence electrons. The Kier molecular flexibility index (Phi) is 2.62. The molecule has 1 aliphatic heterocycles.